The number of aromatic nitrogens is 1. The Morgan fingerprint density at radius 3 is 2.46 bits per heavy atom. The first-order valence-electron chi connectivity index (χ1n) is 9.38. The van der Waals surface area contributed by atoms with Crippen molar-refractivity contribution in [2.45, 2.75) is 37.8 Å². The Balaban J connectivity index is 1.38. The average molecular weight is 357 g/mol. The molecule has 5 nitrogen and oxygen atoms in total. The number of H-pyrrole nitrogens is 1. The van der Waals surface area contributed by atoms with Gasteiger partial charge in [0.1, 0.15) is 0 Å². The summed E-state index contributed by atoms with van der Waals surface area (Å²) in [7, 11) is 0. The Bertz CT molecular complexity index is 817. The number of aromatic amines is 1. The van der Waals surface area contributed by atoms with Gasteiger partial charge in [0.2, 0.25) is 5.91 Å². The van der Waals surface area contributed by atoms with Crippen molar-refractivity contribution >= 4 is 22.7 Å². The van der Waals surface area contributed by atoms with Gasteiger partial charge < -0.3 is 14.8 Å². The summed E-state index contributed by atoms with van der Waals surface area (Å²) < 4.78 is 15.1. The number of nitrogens with zero attached hydrogens (tertiary/aromatic N) is 2. The van der Waals surface area contributed by atoms with E-state index in [9.17, 15) is 9.59 Å². The Morgan fingerprint density at radius 2 is 1.73 bits per heavy atom. The molecule has 2 amide bonds. The Labute approximate surface area is 152 Å². The molecular weight excluding hydrogens is 333 g/mol. The molecule has 2 aliphatic heterocycles. The van der Waals surface area contributed by atoms with Crippen LogP contribution in [-0.4, -0.2) is 58.4 Å². The van der Waals surface area contributed by atoms with E-state index < -0.39 is 5.67 Å². The maximum atomic E-state index is 15.1. The number of amides is 2. The van der Waals surface area contributed by atoms with Crippen LogP contribution in [0.3, 0.4) is 0 Å². The molecule has 0 saturated carbocycles. The molecule has 138 valence electrons. The molecule has 0 spiro atoms. The van der Waals surface area contributed by atoms with Crippen LogP contribution in [0.15, 0.2) is 30.5 Å². The number of carbonyl (C=O) groups is 2. The second kappa shape index (κ2) is 6.74. The first kappa shape index (κ1) is 17.1. The number of nitrogens with one attached hydrogen (secondary N) is 1. The highest BCUT2D eigenvalue weighted by Gasteiger charge is 2.45. The van der Waals surface area contributed by atoms with Gasteiger partial charge in [-0.1, -0.05) is 18.2 Å². The molecule has 0 bridgehead atoms. The maximum Gasteiger partial charge on any atom is 0.260 e. The van der Waals surface area contributed by atoms with E-state index in [1.807, 2.05) is 30.5 Å². The van der Waals surface area contributed by atoms with Crippen LogP contribution in [0.5, 0.6) is 0 Å². The fraction of sp³-hybridized carbons (Fsp3) is 0.500. The minimum atomic E-state index is -1.80. The number of para-hydroxylation sites is 1. The number of likely N-dealkylation sites (tertiary alicyclic amines) is 2. The number of carbonyl (C=O) groups excluding carboxylic acids is 2. The van der Waals surface area contributed by atoms with Crippen molar-refractivity contribution in [3.05, 3.63) is 36.0 Å². The number of halogens is 1. The number of hydrogen-bond donors (Lipinski definition) is 1. The molecule has 0 radical (unpaired) electrons. The van der Waals surface area contributed by atoms with Gasteiger partial charge in [-0.25, -0.2) is 4.39 Å². The van der Waals surface area contributed by atoms with Crippen molar-refractivity contribution in [1.82, 2.24) is 14.8 Å². The number of fused-ring (bicyclic) bond motifs is 1. The Morgan fingerprint density at radius 1 is 1.04 bits per heavy atom. The second-order valence-corrected chi connectivity index (χ2v) is 7.38. The highest BCUT2D eigenvalue weighted by Crippen LogP contribution is 2.30. The van der Waals surface area contributed by atoms with Gasteiger partial charge in [-0.3, -0.25) is 9.59 Å². The van der Waals surface area contributed by atoms with Crippen molar-refractivity contribution < 1.29 is 14.0 Å². The van der Waals surface area contributed by atoms with Gasteiger partial charge >= 0.3 is 0 Å². The zero-order valence-corrected chi connectivity index (χ0v) is 14.8. The van der Waals surface area contributed by atoms with Crippen LogP contribution in [0, 0.1) is 0 Å². The molecule has 1 aromatic carbocycles. The smallest absolute Gasteiger partial charge is 0.260 e. The van der Waals surface area contributed by atoms with Crippen LogP contribution in [0.25, 0.3) is 10.9 Å². The van der Waals surface area contributed by atoms with E-state index in [1.54, 1.807) is 9.80 Å². The van der Waals surface area contributed by atoms with Crippen molar-refractivity contribution in [2.75, 3.05) is 26.2 Å². The summed E-state index contributed by atoms with van der Waals surface area (Å²) in [5.74, 6) is -0.385. The van der Waals surface area contributed by atoms with E-state index in [1.165, 1.54) is 0 Å². The van der Waals surface area contributed by atoms with Crippen LogP contribution < -0.4 is 0 Å². The van der Waals surface area contributed by atoms with Gasteiger partial charge in [0.05, 0.1) is 6.42 Å². The number of rotatable bonds is 3. The van der Waals surface area contributed by atoms with Gasteiger partial charge in [0.15, 0.2) is 5.67 Å². The van der Waals surface area contributed by atoms with E-state index in [4.69, 9.17) is 0 Å². The van der Waals surface area contributed by atoms with Crippen molar-refractivity contribution in [2.24, 2.45) is 0 Å². The summed E-state index contributed by atoms with van der Waals surface area (Å²) >= 11 is 0. The van der Waals surface area contributed by atoms with Crippen LogP contribution in [0.1, 0.15) is 31.2 Å². The van der Waals surface area contributed by atoms with Gasteiger partial charge in [-0.05, 0) is 24.5 Å². The SMILES string of the molecule is O=C(Cc1c[nH]c2ccccc12)N1CCC(F)(C(=O)N2CCCC2)CC1. The molecule has 0 aliphatic carbocycles. The van der Waals surface area contributed by atoms with Gasteiger partial charge in [-0.15, -0.1) is 0 Å². The van der Waals surface area contributed by atoms with Gasteiger partial charge in [0.25, 0.3) is 5.91 Å². The number of hydrogen-bond acceptors (Lipinski definition) is 2. The fourth-order valence-corrected chi connectivity index (χ4v) is 4.08. The molecule has 0 atom stereocenters. The second-order valence-electron chi connectivity index (χ2n) is 7.38. The number of piperidine rings is 1. The number of alkyl halides is 1. The van der Waals surface area contributed by atoms with E-state index in [0.717, 1.165) is 29.3 Å². The predicted octanol–water partition coefficient (Wildman–Crippen LogP) is 2.66. The molecule has 2 aliphatic rings. The Kier molecular flexibility index (Phi) is 4.42. The van der Waals surface area contributed by atoms with Crippen molar-refractivity contribution in [1.29, 1.82) is 0 Å². The lowest BCUT2D eigenvalue weighted by atomic mass is 9.91. The quantitative estimate of drug-likeness (QED) is 0.918. The molecule has 26 heavy (non-hydrogen) atoms. The lowest BCUT2D eigenvalue weighted by Gasteiger charge is -2.37. The summed E-state index contributed by atoms with van der Waals surface area (Å²) in [5.41, 5.74) is 0.158. The average Bonchev–Trinajstić information content (AvgIpc) is 3.32. The standard InChI is InChI=1S/C20H24FN3O2/c21-20(19(26)24-9-3-4-10-24)7-11-23(12-8-20)18(25)13-15-14-22-17-6-2-1-5-16(15)17/h1-2,5-6,14,22H,3-4,7-13H2. The predicted molar refractivity (Wildman–Crippen MR) is 97.5 cm³/mol. The largest absolute Gasteiger partial charge is 0.361 e. The topological polar surface area (TPSA) is 56.4 Å². The molecule has 2 aromatic rings. The molecule has 6 heteroatoms. The van der Waals surface area contributed by atoms with Crippen molar-refractivity contribution in [3.63, 3.8) is 0 Å². The summed E-state index contributed by atoms with van der Waals surface area (Å²) in [4.78, 5) is 31.6. The fourth-order valence-electron chi connectivity index (χ4n) is 4.08. The molecule has 3 heterocycles. The minimum Gasteiger partial charge on any atom is -0.361 e. The first-order chi connectivity index (χ1) is 12.6. The zero-order valence-electron chi connectivity index (χ0n) is 14.8. The van der Waals surface area contributed by atoms with Crippen molar-refractivity contribution in [3.8, 4) is 0 Å². The minimum absolute atomic E-state index is 0.00887. The van der Waals surface area contributed by atoms with E-state index >= 15 is 4.39 Å². The normalized spacial score (nSPS) is 19.9. The maximum absolute atomic E-state index is 15.1. The summed E-state index contributed by atoms with van der Waals surface area (Å²) in [6.07, 6.45) is 4.27. The molecule has 1 aromatic heterocycles. The molecule has 4 rings (SSSR count). The molecular formula is C20H24FN3O2. The highest BCUT2D eigenvalue weighted by atomic mass is 19.1. The van der Waals surface area contributed by atoms with Gasteiger partial charge in [0, 0.05) is 56.1 Å². The zero-order chi connectivity index (χ0) is 18.1. The Hall–Kier alpha value is -2.37. The lowest BCUT2D eigenvalue weighted by Crippen LogP contribution is -2.53. The summed E-state index contributed by atoms with van der Waals surface area (Å²) in [6, 6.07) is 7.87. The van der Waals surface area contributed by atoms with Crippen LogP contribution >= 0.6 is 0 Å². The van der Waals surface area contributed by atoms with Crippen LogP contribution in [0.2, 0.25) is 0 Å². The molecule has 2 fully saturated rings. The third-order valence-corrected chi connectivity index (χ3v) is 5.70. The molecule has 0 unspecified atom stereocenters. The number of benzene rings is 1. The molecule has 2 saturated heterocycles. The summed E-state index contributed by atoms with van der Waals surface area (Å²) in [5, 5.41) is 1.04. The van der Waals surface area contributed by atoms with Crippen LogP contribution in [-0.2, 0) is 16.0 Å². The first-order valence-corrected chi connectivity index (χ1v) is 9.38. The third-order valence-electron chi connectivity index (χ3n) is 5.70. The van der Waals surface area contributed by atoms with E-state index in [0.29, 0.717) is 32.6 Å². The molecule has 1 N–H and O–H groups in total. The monoisotopic (exact) mass is 357 g/mol. The van der Waals surface area contributed by atoms with E-state index in [-0.39, 0.29) is 24.7 Å². The van der Waals surface area contributed by atoms with E-state index in [2.05, 4.69) is 4.98 Å². The van der Waals surface area contributed by atoms with Crippen LogP contribution in [0.4, 0.5) is 4.39 Å². The lowest BCUT2D eigenvalue weighted by molar-refractivity contribution is -0.149. The third kappa shape index (κ3) is 3.08. The highest BCUT2D eigenvalue weighted by molar-refractivity contribution is 5.89. The summed E-state index contributed by atoms with van der Waals surface area (Å²) in [6.45, 7) is 1.93. The van der Waals surface area contributed by atoms with Gasteiger partial charge in [-0.2, -0.15) is 0 Å².